The number of carbonyl (C=O) groups excluding carboxylic acids is 2. The molecular formula is C22H25ClO4. The van der Waals surface area contributed by atoms with E-state index in [0.717, 1.165) is 25.7 Å². The molecule has 0 radical (unpaired) electrons. The maximum atomic E-state index is 12.5. The Labute approximate surface area is 165 Å². The number of hydrogen-bond donors (Lipinski definition) is 0. The summed E-state index contributed by atoms with van der Waals surface area (Å²) in [5.41, 5.74) is 0.374. The molecule has 0 saturated carbocycles. The van der Waals surface area contributed by atoms with E-state index in [1.807, 2.05) is 0 Å². The molecule has 27 heavy (non-hydrogen) atoms. The molecule has 0 saturated heterocycles. The van der Waals surface area contributed by atoms with Gasteiger partial charge in [-0.25, -0.2) is 9.59 Å². The third-order valence-electron chi connectivity index (χ3n) is 4.37. The Morgan fingerprint density at radius 2 is 1.70 bits per heavy atom. The minimum absolute atomic E-state index is 0.170. The lowest BCUT2D eigenvalue weighted by atomic mass is 10.0. The number of ether oxygens (including phenoxy) is 2. The highest BCUT2D eigenvalue weighted by Gasteiger charge is 2.20. The van der Waals surface area contributed by atoms with Crippen LogP contribution in [0, 0.1) is 5.92 Å². The van der Waals surface area contributed by atoms with Crippen molar-refractivity contribution in [2.75, 3.05) is 6.61 Å². The van der Waals surface area contributed by atoms with Gasteiger partial charge in [-0.05, 0) is 42.7 Å². The van der Waals surface area contributed by atoms with E-state index in [1.165, 1.54) is 0 Å². The largest absolute Gasteiger partial charge is 0.462 e. The van der Waals surface area contributed by atoms with Crippen LogP contribution in [0.25, 0.3) is 0 Å². The van der Waals surface area contributed by atoms with Gasteiger partial charge >= 0.3 is 11.9 Å². The van der Waals surface area contributed by atoms with Gasteiger partial charge < -0.3 is 9.47 Å². The molecule has 144 valence electrons. The first-order valence-corrected chi connectivity index (χ1v) is 9.66. The molecule has 5 heteroatoms. The van der Waals surface area contributed by atoms with Crippen LogP contribution in [-0.4, -0.2) is 18.5 Å². The molecule has 2 aromatic carbocycles. The van der Waals surface area contributed by atoms with Gasteiger partial charge in [0.25, 0.3) is 0 Å². The highest BCUT2D eigenvalue weighted by atomic mass is 35.5. The van der Waals surface area contributed by atoms with Crippen molar-refractivity contribution in [3.8, 4) is 5.75 Å². The SMILES string of the molecule is CCCCC(CC)COC(=O)c1ccccc1C(=O)Oc1cccc(Cl)c1. The lowest BCUT2D eigenvalue weighted by molar-refractivity contribution is 0.0422. The van der Waals surface area contributed by atoms with Crippen LogP contribution in [0.3, 0.4) is 0 Å². The first kappa shape index (κ1) is 21.0. The Bertz CT molecular complexity index is 772. The standard InChI is InChI=1S/C22H25ClO4/c1-3-5-9-16(4-2)15-26-21(24)19-12-6-7-13-20(19)22(25)27-18-11-8-10-17(23)14-18/h6-8,10-14,16H,3-5,9,15H2,1-2H3. The van der Waals surface area contributed by atoms with Crippen molar-refractivity contribution >= 4 is 23.5 Å². The summed E-state index contributed by atoms with van der Waals surface area (Å²) in [5, 5.41) is 0.464. The molecule has 0 aliphatic carbocycles. The van der Waals surface area contributed by atoms with Crippen LogP contribution in [0.15, 0.2) is 48.5 Å². The highest BCUT2D eigenvalue weighted by Crippen LogP contribution is 2.20. The second-order valence-corrected chi connectivity index (χ2v) is 6.84. The van der Waals surface area contributed by atoms with E-state index in [9.17, 15) is 9.59 Å². The third-order valence-corrected chi connectivity index (χ3v) is 4.60. The van der Waals surface area contributed by atoms with E-state index in [-0.39, 0.29) is 11.1 Å². The van der Waals surface area contributed by atoms with Crippen LogP contribution >= 0.6 is 11.6 Å². The van der Waals surface area contributed by atoms with Crippen LogP contribution in [0.1, 0.15) is 60.2 Å². The minimum atomic E-state index is -0.622. The van der Waals surface area contributed by atoms with Gasteiger partial charge in [0.2, 0.25) is 0 Å². The minimum Gasteiger partial charge on any atom is -0.462 e. The Balaban J connectivity index is 2.07. The highest BCUT2D eigenvalue weighted by molar-refractivity contribution is 6.30. The monoisotopic (exact) mass is 388 g/mol. The third kappa shape index (κ3) is 6.40. The second-order valence-electron chi connectivity index (χ2n) is 6.41. The van der Waals surface area contributed by atoms with Crippen LogP contribution in [-0.2, 0) is 4.74 Å². The summed E-state index contributed by atoms with van der Waals surface area (Å²) in [6, 6.07) is 13.0. The van der Waals surface area contributed by atoms with Crippen molar-refractivity contribution in [3.05, 3.63) is 64.7 Å². The van der Waals surface area contributed by atoms with Gasteiger partial charge in [0.1, 0.15) is 5.75 Å². The van der Waals surface area contributed by atoms with Gasteiger partial charge in [-0.15, -0.1) is 0 Å². The lowest BCUT2D eigenvalue weighted by Crippen LogP contribution is -2.18. The van der Waals surface area contributed by atoms with Crippen molar-refractivity contribution in [2.24, 2.45) is 5.92 Å². The Morgan fingerprint density at radius 1 is 1.00 bits per heavy atom. The normalized spacial score (nSPS) is 11.7. The first-order valence-electron chi connectivity index (χ1n) is 9.29. The van der Waals surface area contributed by atoms with Crippen molar-refractivity contribution in [1.82, 2.24) is 0 Å². The quantitative estimate of drug-likeness (QED) is 0.394. The number of rotatable bonds is 9. The summed E-state index contributed by atoms with van der Waals surface area (Å²) in [7, 11) is 0. The Kier molecular flexibility index (Phi) is 8.34. The van der Waals surface area contributed by atoms with Gasteiger partial charge in [0.05, 0.1) is 17.7 Å². The first-order chi connectivity index (χ1) is 13.0. The molecule has 0 aromatic heterocycles. The Hall–Kier alpha value is -2.33. The molecule has 0 aliphatic rings. The molecule has 2 aromatic rings. The van der Waals surface area contributed by atoms with E-state index >= 15 is 0 Å². The molecular weight excluding hydrogens is 364 g/mol. The zero-order chi connectivity index (χ0) is 19.6. The summed E-state index contributed by atoms with van der Waals surface area (Å²) in [6.45, 7) is 4.58. The Morgan fingerprint density at radius 3 is 2.33 bits per heavy atom. The van der Waals surface area contributed by atoms with E-state index in [1.54, 1.807) is 48.5 Å². The molecule has 4 nitrogen and oxygen atoms in total. The topological polar surface area (TPSA) is 52.6 Å². The van der Waals surface area contributed by atoms with Gasteiger partial charge in [0, 0.05) is 5.02 Å². The number of unbranched alkanes of at least 4 members (excludes halogenated alkanes) is 1. The molecule has 0 heterocycles. The van der Waals surface area contributed by atoms with Crippen molar-refractivity contribution in [2.45, 2.75) is 39.5 Å². The van der Waals surface area contributed by atoms with Gasteiger partial charge in [0.15, 0.2) is 0 Å². The summed E-state index contributed by atoms with van der Waals surface area (Å²) in [5.74, 6) is -0.479. The fourth-order valence-corrected chi connectivity index (χ4v) is 2.88. The molecule has 0 N–H and O–H groups in total. The summed E-state index contributed by atoms with van der Waals surface area (Å²) in [6.07, 6.45) is 4.20. The fourth-order valence-electron chi connectivity index (χ4n) is 2.70. The average molecular weight is 389 g/mol. The number of esters is 2. The molecule has 1 unspecified atom stereocenters. The van der Waals surface area contributed by atoms with Gasteiger partial charge in [-0.2, -0.15) is 0 Å². The molecule has 2 rings (SSSR count). The average Bonchev–Trinajstić information content (AvgIpc) is 2.68. The number of carbonyl (C=O) groups is 2. The van der Waals surface area contributed by atoms with Crippen LogP contribution in [0.4, 0.5) is 0 Å². The van der Waals surface area contributed by atoms with Crippen molar-refractivity contribution in [3.63, 3.8) is 0 Å². The number of hydrogen-bond acceptors (Lipinski definition) is 4. The van der Waals surface area contributed by atoms with Crippen LogP contribution in [0.5, 0.6) is 5.75 Å². The molecule has 0 aliphatic heterocycles. The van der Waals surface area contributed by atoms with Crippen molar-refractivity contribution in [1.29, 1.82) is 0 Å². The zero-order valence-corrected chi connectivity index (χ0v) is 16.5. The maximum absolute atomic E-state index is 12.5. The number of halogens is 1. The lowest BCUT2D eigenvalue weighted by Gasteiger charge is -2.15. The summed E-state index contributed by atoms with van der Waals surface area (Å²) in [4.78, 5) is 25.0. The van der Waals surface area contributed by atoms with E-state index < -0.39 is 11.9 Å². The van der Waals surface area contributed by atoms with Crippen molar-refractivity contribution < 1.29 is 19.1 Å². The smallest absolute Gasteiger partial charge is 0.344 e. The fraction of sp³-hybridized carbons (Fsp3) is 0.364. The molecule has 0 amide bonds. The maximum Gasteiger partial charge on any atom is 0.344 e. The van der Waals surface area contributed by atoms with Crippen LogP contribution < -0.4 is 4.74 Å². The van der Waals surface area contributed by atoms with Gasteiger partial charge in [-0.3, -0.25) is 0 Å². The van der Waals surface area contributed by atoms with E-state index in [4.69, 9.17) is 21.1 Å². The van der Waals surface area contributed by atoms with E-state index in [0.29, 0.717) is 23.3 Å². The second kappa shape index (κ2) is 10.7. The predicted octanol–water partition coefficient (Wildman–Crippen LogP) is 5.93. The summed E-state index contributed by atoms with van der Waals surface area (Å²) >= 11 is 5.91. The molecule has 0 fully saturated rings. The molecule has 1 atom stereocenters. The number of benzene rings is 2. The van der Waals surface area contributed by atoms with E-state index in [2.05, 4.69) is 13.8 Å². The molecule has 0 bridgehead atoms. The van der Waals surface area contributed by atoms with Gasteiger partial charge in [-0.1, -0.05) is 62.9 Å². The van der Waals surface area contributed by atoms with Crippen LogP contribution in [0.2, 0.25) is 5.02 Å². The molecule has 0 spiro atoms. The predicted molar refractivity (Wildman–Crippen MR) is 106 cm³/mol. The summed E-state index contributed by atoms with van der Waals surface area (Å²) < 4.78 is 10.8. The zero-order valence-electron chi connectivity index (χ0n) is 15.7.